The molecule has 3 aromatic carbocycles. The molecule has 0 saturated heterocycles. The van der Waals surface area contributed by atoms with E-state index in [0.717, 1.165) is 12.1 Å². The van der Waals surface area contributed by atoms with E-state index in [4.69, 9.17) is 4.74 Å². The molecule has 0 aliphatic heterocycles. The van der Waals surface area contributed by atoms with Gasteiger partial charge in [0.05, 0.1) is 12.7 Å². The van der Waals surface area contributed by atoms with Gasteiger partial charge in [-0.05, 0) is 41.8 Å². The number of anilines is 1. The molecule has 142 valence electrons. The Labute approximate surface area is 166 Å². The van der Waals surface area contributed by atoms with Crippen molar-refractivity contribution in [1.82, 2.24) is 0 Å². The highest BCUT2D eigenvalue weighted by atomic mass is 16.5. The number of rotatable bonds is 8. The number of allylic oxidation sites excluding steroid dienone is 1. The maximum absolute atomic E-state index is 11.6. The fourth-order valence-electron chi connectivity index (χ4n) is 3.53. The molecule has 3 rings (SSSR count). The van der Waals surface area contributed by atoms with Crippen molar-refractivity contribution >= 4 is 11.7 Å². The van der Waals surface area contributed by atoms with E-state index in [1.54, 1.807) is 12.1 Å². The van der Waals surface area contributed by atoms with Crippen LogP contribution in [0.5, 0.6) is 0 Å². The Hall–Kier alpha value is -3.33. The first-order valence-electron chi connectivity index (χ1n) is 9.34. The molecule has 1 N–H and O–H groups in total. The zero-order chi connectivity index (χ0) is 19.8. The van der Waals surface area contributed by atoms with Crippen LogP contribution in [0.25, 0.3) is 0 Å². The third-order valence-electron chi connectivity index (χ3n) is 5.05. The highest BCUT2D eigenvalue weighted by Crippen LogP contribution is 2.36. The van der Waals surface area contributed by atoms with Crippen molar-refractivity contribution in [2.45, 2.75) is 11.8 Å². The molecular weight excluding hydrogens is 346 g/mol. The molecule has 0 aliphatic rings. The Morgan fingerprint density at radius 1 is 0.929 bits per heavy atom. The van der Waals surface area contributed by atoms with E-state index in [1.807, 2.05) is 30.3 Å². The summed E-state index contributed by atoms with van der Waals surface area (Å²) in [5.74, 6) is -0.332. The number of benzene rings is 3. The van der Waals surface area contributed by atoms with Gasteiger partial charge in [0.25, 0.3) is 0 Å². The average molecular weight is 371 g/mol. The first-order valence-corrected chi connectivity index (χ1v) is 9.34. The lowest BCUT2D eigenvalue weighted by Gasteiger charge is -2.35. The fourth-order valence-corrected chi connectivity index (χ4v) is 3.53. The second-order valence-corrected chi connectivity index (χ2v) is 6.73. The summed E-state index contributed by atoms with van der Waals surface area (Å²) in [5.41, 5.74) is 3.72. The minimum Gasteiger partial charge on any atom is -0.465 e. The summed E-state index contributed by atoms with van der Waals surface area (Å²) in [6.45, 7) is 4.71. The van der Waals surface area contributed by atoms with Crippen molar-refractivity contribution in [1.29, 1.82) is 0 Å². The number of ether oxygens (including phenoxy) is 1. The highest BCUT2D eigenvalue weighted by Gasteiger charge is 2.32. The Morgan fingerprint density at radius 2 is 1.46 bits per heavy atom. The molecule has 3 aromatic rings. The molecule has 0 saturated carbocycles. The zero-order valence-corrected chi connectivity index (χ0v) is 16.1. The summed E-state index contributed by atoms with van der Waals surface area (Å²) in [7, 11) is 1.39. The number of methoxy groups -OCH3 is 1. The SMILES string of the molecule is C=CCC(CNc1ccc(C(=O)OC)cc1)(c1ccccc1)c1ccccc1. The number of carbonyl (C=O) groups is 1. The van der Waals surface area contributed by atoms with Gasteiger partial charge in [-0.3, -0.25) is 0 Å². The van der Waals surface area contributed by atoms with E-state index < -0.39 is 0 Å². The Bertz CT molecular complexity index is 863. The van der Waals surface area contributed by atoms with Crippen LogP contribution < -0.4 is 5.32 Å². The van der Waals surface area contributed by atoms with Gasteiger partial charge in [-0.15, -0.1) is 6.58 Å². The van der Waals surface area contributed by atoms with Gasteiger partial charge in [-0.1, -0.05) is 66.7 Å². The molecule has 0 bridgehead atoms. The van der Waals surface area contributed by atoms with Gasteiger partial charge in [0.15, 0.2) is 0 Å². The van der Waals surface area contributed by atoms with Crippen LogP contribution in [0.15, 0.2) is 97.6 Å². The lowest BCUT2D eigenvalue weighted by molar-refractivity contribution is 0.0601. The van der Waals surface area contributed by atoms with Gasteiger partial charge in [0, 0.05) is 17.6 Å². The van der Waals surface area contributed by atoms with Crippen LogP contribution in [-0.2, 0) is 10.2 Å². The van der Waals surface area contributed by atoms with Gasteiger partial charge in [-0.2, -0.15) is 0 Å². The molecule has 0 aliphatic carbocycles. The van der Waals surface area contributed by atoms with Crippen LogP contribution in [0.2, 0.25) is 0 Å². The van der Waals surface area contributed by atoms with E-state index in [9.17, 15) is 4.79 Å². The van der Waals surface area contributed by atoms with E-state index in [1.165, 1.54) is 18.2 Å². The number of hydrogen-bond donors (Lipinski definition) is 1. The molecule has 3 nitrogen and oxygen atoms in total. The van der Waals surface area contributed by atoms with Crippen molar-refractivity contribution in [2.24, 2.45) is 0 Å². The third-order valence-corrected chi connectivity index (χ3v) is 5.05. The quantitative estimate of drug-likeness (QED) is 0.423. The van der Waals surface area contributed by atoms with Gasteiger partial charge in [-0.25, -0.2) is 4.79 Å². The summed E-state index contributed by atoms with van der Waals surface area (Å²) in [5, 5.41) is 3.55. The van der Waals surface area contributed by atoms with Gasteiger partial charge in [0.1, 0.15) is 0 Å². The van der Waals surface area contributed by atoms with E-state index >= 15 is 0 Å². The molecule has 0 heterocycles. The van der Waals surface area contributed by atoms with Crippen LogP contribution >= 0.6 is 0 Å². The van der Waals surface area contributed by atoms with Gasteiger partial charge < -0.3 is 10.1 Å². The van der Waals surface area contributed by atoms with Crippen molar-refractivity contribution in [3.63, 3.8) is 0 Å². The number of hydrogen-bond acceptors (Lipinski definition) is 3. The molecule has 3 heteroatoms. The third kappa shape index (κ3) is 4.15. The van der Waals surface area contributed by atoms with Crippen LogP contribution in [0, 0.1) is 0 Å². The summed E-state index contributed by atoms with van der Waals surface area (Å²) in [4.78, 5) is 11.6. The average Bonchev–Trinajstić information content (AvgIpc) is 2.77. The maximum atomic E-state index is 11.6. The topological polar surface area (TPSA) is 38.3 Å². The molecule has 0 aromatic heterocycles. The van der Waals surface area contributed by atoms with E-state index in [0.29, 0.717) is 12.1 Å². The maximum Gasteiger partial charge on any atom is 0.337 e. The molecule has 0 spiro atoms. The predicted molar refractivity (Wildman–Crippen MR) is 115 cm³/mol. The van der Waals surface area contributed by atoms with Crippen LogP contribution in [0.4, 0.5) is 5.69 Å². The monoisotopic (exact) mass is 371 g/mol. The second-order valence-electron chi connectivity index (χ2n) is 6.73. The Morgan fingerprint density at radius 3 is 1.93 bits per heavy atom. The summed E-state index contributed by atoms with van der Waals surface area (Å²) in [6.07, 6.45) is 2.77. The van der Waals surface area contributed by atoms with E-state index in [2.05, 4.69) is 60.4 Å². The number of nitrogens with one attached hydrogen (secondary N) is 1. The van der Waals surface area contributed by atoms with Crippen LogP contribution in [-0.4, -0.2) is 19.6 Å². The molecule has 0 unspecified atom stereocenters. The van der Waals surface area contributed by atoms with Crippen molar-refractivity contribution < 1.29 is 9.53 Å². The highest BCUT2D eigenvalue weighted by molar-refractivity contribution is 5.89. The van der Waals surface area contributed by atoms with Gasteiger partial charge in [0.2, 0.25) is 0 Å². The van der Waals surface area contributed by atoms with Crippen LogP contribution in [0.3, 0.4) is 0 Å². The van der Waals surface area contributed by atoms with Crippen molar-refractivity contribution in [2.75, 3.05) is 19.0 Å². The summed E-state index contributed by atoms with van der Waals surface area (Å²) >= 11 is 0. The second kappa shape index (κ2) is 9.05. The largest absolute Gasteiger partial charge is 0.465 e. The summed E-state index contributed by atoms with van der Waals surface area (Å²) < 4.78 is 4.77. The number of esters is 1. The Balaban J connectivity index is 1.93. The lowest BCUT2D eigenvalue weighted by Crippen LogP contribution is -2.35. The predicted octanol–water partition coefficient (Wildman–Crippen LogP) is 5.45. The Kier molecular flexibility index (Phi) is 6.28. The molecular formula is C25H25NO2. The zero-order valence-electron chi connectivity index (χ0n) is 16.1. The van der Waals surface area contributed by atoms with Crippen molar-refractivity contribution in [3.05, 3.63) is 114 Å². The van der Waals surface area contributed by atoms with Crippen molar-refractivity contribution in [3.8, 4) is 0 Å². The normalized spacial score (nSPS) is 10.9. The molecule has 0 atom stereocenters. The summed E-state index contributed by atoms with van der Waals surface area (Å²) in [6, 6.07) is 28.4. The lowest BCUT2D eigenvalue weighted by atomic mass is 9.72. The first-order chi connectivity index (χ1) is 13.7. The molecule has 0 radical (unpaired) electrons. The molecule has 0 amide bonds. The molecule has 0 fully saturated rings. The first kappa shape index (κ1) is 19.4. The standard InChI is InChI=1S/C25H25NO2/c1-3-18-25(21-10-6-4-7-11-21,22-12-8-5-9-13-22)19-26-23-16-14-20(15-17-23)24(27)28-2/h3-17,26H,1,18-19H2,2H3. The molecule has 28 heavy (non-hydrogen) atoms. The van der Waals surface area contributed by atoms with Gasteiger partial charge >= 0.3 is 5.97 Å². The van der Waals surface area contributed by atoms with Crippen LogP contribution in [0.1, 0.15) is 27.9 Å². The number of carbonyl (C=O) groups excluding carboxylic acids is 1. The van der Waals surface area contributed by atoms with E-state index in [-0.39, 0.29) is 11.4 Å². The minimum atomic E-state index is -0.332. The fraction of sp³-hybridized carbons (Fsp3) is 0.160. The smallest absolute Gasteiger partial charge is 0.337 e. The minimum absolute atomic E-state index is 0.245.